The molecular weight excluding hydrogens is 404 g/mol. The van der Waals surface area contributed by atoms with Gasteiger partial charge in [0.05, 0.1) is 0 Å². The molecule has 0 aromatic heterocycles. The highest BCUT2D eigenvalue weighted by Gasteiger charge is 2.24. The Hall–Kier alpha value is -1.53. The molecule has 29 heavy (non-hydrogen) atoms. The summed E-state index contributed by atoms with van der Waals surface area (Å²) in [5, 5.41) is 9.72. The lowest BCUT2D eigenvalue weighted by atomic mass is 10.0. The molecule has 6 heteroatoms. The van der Waals surface area contributed by atoms with Crippen LogP contribution in [0.15, 0.2) is 42.5 Å². The number of rotatable bonds is 8. The highest BCUT2D eigenvalue weighted by atomic mass is 35.5. The van der Waals surface area contributed by atoms with Crippen molar-refractivity contribution in [2.24, 2.45) is 0 Å². The number of piperazine rings is 1. The molecule has 1 unspecified atom stereocenters. The second-order valence-corrected chi connectivity index (χ2v) is 9.24. The van der Waals surface area contributed by atoms with Gasteiger partial charge in [0.25, 0.3) is 0 Å². The first-order chi connectivity index (χ1) is 13.9. The molecule has 1 aliphatic rings. The SMILES string of the molecule is Cc1ccc(CSN2CCN(Cc3cc(Cl)ccc3CCC(=O)O)CC2C)cc1. The Morgan fingerprint density at radius 2 is 1.93 bits per heavy atom. The van der Waals surface area contributed by atoms with Gasteiger partial charge in [0.2, 0.25) is 0 Å². The number of carboxylic acids is 1. The number of hydrogen-bond acceptors (Lipinski definition) is 4. The van der Waals surface area contributed by atoms with Crippen LogP contribution in [0.2, 0.25) is 5.02 Å². The zero-order valence-electron chi connectivity index (χ0n) is 17.1. The van der Waals surface area contributed by atoms with Crippen molar-refractivity contribution in [3.63, 3.8) is 0 Å². The minimum Gasteiger partial charge on any atom is -0.481 e. The van der Waals surface area contributed by atoms with Gasteiger partial charge < -0.3 is 5.11 Å². The van der Waals surface area contributed by atoms with Crippen LogP contribution in [0.1, 0.15) is 35.6 Å². The average molecular weight is 433 g/mol. The summed E-state index contributed by atoms with van der Waals surface area (Å²) in [6.07, 6.45) is 0.693. The molecule has 2 aromatic carbocycles. The first-order valence-corrected chi connectivity index (χ1v) is 11.4. The average Bonchev–Trinajstić information content (AvgIpc) is 2.68. The van der Waals surface area contributed by atoms with Crippen molar-refractivity contribution in [1.82, 2.24) is 9.21 Å². The van der Waals surface area contributed by atoms with Crippen LogP contribution < -0.4 is 0 Å². The number of aryl methyl sites for hydroxylation is 2. The van der Waals surface area contributed by atoms with Gasteiger partial charge in [0.1, 0.15) is 0 Å². The molecule has 1 aliphatic heterocycles. The summed E-state index contributed by atoms with van der Waals surface area (Å²) in [6, 6.07) is 15.0. The second-order valence-electron chi connectivity index (χ2n) is 7.79. The Morgan fingerprint density at radius 3 is 2.62 bits per heavy atom. The van der Waals surface area contributed by atoms with E-state index in [9.17, 15) is 4.79 Å². The molecule has 0 bridgehead atoms. The van der Waals surface area contributed by atoms with Gasteiger partial charge in [-0.05, 0) is 49.1 Å². The maximum atomic E-state index is 11.0. The predicted molar refractivity (Wildman–Crippen MR) is 121 cm³/mol. The van der Waals surface area contributed by atoms with Crippen LogP contribution in [-0.4, -0.2) is 46.0 Å². The smallest absolute Gasteiger partial charge is 0.303 e. The topological polar surface area (TPSA) is 43.8 Å². The molecule has 156 valence electrons. The van der Waals surface area contributed by atoms with Gasteiger partial charge in [0, 0.05) is 49.4 Å². The van der Waals surface area contributed by atoms with E-state index in [1.54, 1.807) is 0 Å². The minimum atomic E-state index is -0.765. The summed E-state index contributed by atoms with van der Waals surface area (Å²) >= 11 is 8.12. The number of carboxylic acid groups (broad SMARTS) is 1. The number of halogens is 1. The zero-order valence-corrected chi connectivity index (χ0v) is 18.7. The molecule has 1 heterocycles. The summed E-state index contributed by atoms with van der Waals surface area (Å²) in [4.78, 5) is 13.4. The van der Waals surface area contributed by atoms with Crippen LogP contribution in [0.5, 0.6) is 0 Å². The monoisotopic (exact) mass is 432 g/mol. The van der Waals surface area contributed by atoms with Gasteiger partial charge >= 0.3 is 5.97 Å². The Morgan fingerprint density at radius 1 is 1.17 bits per heavy atom. The third-order valence-corrected chi connectivity index (χ3v) is 6.91. The zero-order chi connectivity index (χ0) is 20.8. The fourth-order valence-electron chi connectivity index (χ4n) is 3.66. The summed E-state index contributed by atoms with van der Waals surface area (Å²) in [5.41, 5.74) is 4.88. The van der Waals surface area contributed by atoms with Crippen molar-refractivity contribution in [3.8, 4) is 0 Å². The van der Waals surface area contributed by atoms with Gasteiger partial charge in [-0.3, -0.25) is 9.69 Å². The number of aliphatic carboxylic acids is 1. The van der Waals surface area contributed by atoms with Crippen molar-refractivity contribution in [3.05, 3.63) is 69.7 Å². The molecule has 1 fully saturated rings. The Balaban J connectivity index is 1.55. The van der Waals surface area contributed by atoms with Crippen LogP contribution in [0, 0.1) is 6.92 Å². The van der Waals surface area contributed by atoms with Crippen molar-refractivity contribution < 1.29 is 9.90 Å². The van der Waals surface area contributed by atoms with E-state index in [1.165, 1.54) is 11.1 Å². The Kier molecular flexibility index (Phi) is 8.01. The normalized spacial score (nSPS) is 18.1. The Labute approximate surface area is 183 Å². The first kappa shape index (κ1) is 22.2. The number of benzene rings is 2. The van der Waals surface area contributed by atoms with E-state index < -0.39 is 5.97 Å². The van der Waals surface area contributed by atoms with Crippen molar-refractivity contribution in [1.29, 1.82) is 0 Å². The molecular formula is C23H29ClN2O2S. The highest BCUT2D eigenvalue weighted by molar-refractivity contribution is 7.96. The molecule has 4 nitrogen and oxygen atoms in total. The van der Waals surface area contributed by atoms with E-state index in [4.69, 9.17) is 16.7 Å². The molecule has 0 saturated carbocycles. The highest BCUT2D eigenvalue weighted by Crippen LogP contribution is 2.25. The fourth-order valence-corrected chi connectivity index (χ4v) is 4.90. The van der Waals surface area contributed by atoms with Gasteiger partial charge in [-0.25, -0.2) is 4.31 Å². The molecule has 0 aliphatic carbocycles. The van der Waals surface area contributed by atoms with Crippen LogP contribution in [0.25, 0.3) is 0 Å². The largest absolute Gasteiger partial charge is 0.481 e. The van der Waals surface area contributed by atoms with Gasteiger partial charge in [-0.1, -0.05) is 59.4 Å². The molecule has 0 spiro atoms. The van der Waals surface area contributed by atoms with E-state index in [0.29, 0.717) is 17.5 Å². The molecule has 2 aromatic rings. The lowest BCUT2D eigenvalue weighted by Crippen LogP contribution is -2.48. The van der Waals surface area contributed by atoms with Crippen molar-refractivity contribution >= 4 is 29.5 Å². The Bertz CT molecular complexity index is 828. The van der Waals surface area contributed by atoms with Crippen LogP contribution in [0.4, 0.5) is 0 Å². The first-order valence-electron chi connectivity index (χ1n) is 10.1. The van der Waals surface area contributed by atoms with E-state index >= 15 is 0 Å². The van der Waals surface area contributed by atoms with Crippen LogP contribution in [0.3, 0.4) is 0 Å². The van der Waals surface area contributed by atoms with Gasteiger partial charge in [0.15, 0.2) is 0 Å². The van der Waals surface area contributed by atoms with Crippen molar-refractivity contribution in [2.45, 2.75) is 45.0 Å². The van der Waals surface area contributed by atoms with Gasteiger partial charge in [-0.2, -0.15) is 0 Å². The van der Waals surface area contributed by atoms with Crippen LogP contribution >= 0.6 is 23.5 Å². The van der Waals surface area contributed by atoms with E-state index in [1.807, 2.05) is 30.1 Å². The lowest BCUT2D eigenvalue weighted by molar-refractivity contribution is -0.136. The van der Waals surface area contributed by atoms with E-state index in [0.717, 1.165) is 43.1 Å². The number of carbonyl (C=O) groups is 1. The van der Waals surface area contributed by atoms with Crippen LogP contribution in [-0.2, 0) is 23.5 Å². The third kappa shape index (κ3) is 6.75. The van der Waals surface area contributed by atoms with E-state index in [2.05, 4.69) is 47.3 Å². The fraction of sp³-hybridized carbons (Fsp3) is 0.435. The molecule has 1 saturated heterocycles. The van der Waals surface area contributed by atoms with E-state index in [-0.39, 0.29) is 6.42 Å². The molecule has 0 amide bonds. The summed E-state index contributed by atoms with van der Waals surface area (Å²) in [6.45, 7) is 8.21. The standard InChI is InChI=1S/C23H29ClN2O2S/c1-17-3-5-19(6-4-17)16-29-26-12-11-25(14-18(26)2)15-21-13-22(24)9-7-20(21)8-10-23(27)28/h3-7,9,13,18H,8,10-12,14-16H2,1-2H3,(H,27,28). The summed E-state index contributed by atoms with van der Waals surface area (Å²) < 4.78 is 2.49. The van der Waals surface area contributed by atoms with Crippen molar-refractivity contribution in [2.75, 3.05) is 19.6 Å². The predicted octanol–water partition coefficient (Wildman–Crippen LogP) is 5.02. The molecule has 1 N–H and O–H groups in total. The summed E-state index contributed by atoms with van der Waals surface area (Å²) in [5.74, 6) is 0.233. The van der Waals surface area contributed by atoms with Gasteiger partial charge in [-0.15, -0.1) is 0 Å². The second kappa shape index (κ2) is 10.5. The quantitative estimate of drug-likeness (QED) is 0.593. The molecule has 0 radical (unpaired) electrons. The summed E-state index contributed by atoms with van der Waals surface area (Å²) in [7, 11) is 0. The third-order valence-electron chi connectivity index (χ3n) is 5.34. The number of hydrogen-bond donors (Lipinski definition) is 1. The maximum Gasteiger partial charge on any atom is 0.303 e. The molecule has 3 rings (SSSR count). The number of nitrogens with zero attached hydrogens (tertiary/aromatic N) is 2. The maximum absolute atomic E-state index is 11.0. The minimum absolute atomic E-state index is 0.147. The lowest BCUT2D eigenvalue weighted by Gasteiger charge is -2.39. The molecule has 1 atom stereocenters.